The number of carboxylic acid groups (broad SMARTS) is 1. The van der Waals surface area contributed by atoms with Gasteiger partial charge in [-0.15, -0.1) is 0 Å². The summed E-state index contributed by atoms with van der Waals surface area (Å²) < 4.78 is 23.7. The Bertz CT molecular complexity index is 306. The Kier molecular flexibility index (Phi) is 3.56. The van der Waals surface area contributed by atoms with Crippen LogP contribution in [-0.4, -0.2) is 17.5 Å². The molecule has 76 valence electrons. The van der Waals surface area contributed by atoms with Gasteiger partial charge in [-0.2, -0.15) is 0 Å². The number of hydrogen-bond acceptors (Lipinski definition) is 1. The molecule has 0 fully saturated rings. The van der Waals surface area contributed by atoms with Crippen LogP contribution in [0.4, 0.5) is 8.78 Å². The Morgan fingerprint density at radius 1 is 1.29 bits per heavy atom. The zero-order chi connectivity index (χ0) is 10.6. The van der Waals surface area contributed by atoms with Crippen molar-refractivity contribution in [1.82, 2.24) is 0 Å². The number of halogens is 2. The number of rotatable bonds is 4. The average Bonchev–Trinajstić information content (AvgIpc) is 2.15. The fraction of sp³-hybridized carbons (Fsp3) is 0.300. The van der Waals surface area contributed by atoms with Crippen LogP contribution in [0.1, 0.15) is 22.3 Å². The smallest absolute Gasteiger partial charge is 0.335 e. The molecule has 1 aromatic carbocycles. The van der Waals surface area contributed by atoms with Crippen molar-refractivity contribution in [2.75, 3.05) is 0 Å². The van der Waals surface area contributed by atoms with Crippen LogP contribution in [0.2, 0.25) is 0 Å². The highest BCUT2D eigenvalue weighted by molar-refractivity contribution is 5.87. The van der Waals surface area contributed by atoms with Crippen LogP contribution in [-0.2, 0) is 6.42 Å². The molecule has 0 atom stereocenters. The van der Waals surface area contributed by atoms with Gasteiger partial charge in [0, 0.05) is 6.42 Å². The summed E-state index contributed by atoms with van der Waals surface area (Å²) in [5.41, 5.74) is 0.904. The number of carbonyl (C=O) groups is 1. The topological polar surface area (TPSA) is 37.3 Å². The molecule has 4 heteroatoms. The van der Waals surface area contributed by atoms with Gasteiger partial charge < -0.3 is 5.11 Å². The molecule has 0 aliphatic carbocycles. The second kappa shape index (κ2) is 4.69. The average molecular weight is 200 g/mol. The molecule has 0 aliphatic heterocycles. The number of alkyl halides is 2. The number of carboxylic acids is 1. The number of benzene rings is 1. The van der Waals surface area contributed by atoms with E-state index in [-0.39, 0.29) is 18.4 Å². The molecule has 0 radical (unpaired) electrons. The van der Waals surface area contributed by atoms with Gasteiger partial charge in [0.1, 0.15) is 0 Å². The first-order valence-corrected chi connectivity index (χ1v) is 4.20. The fourth-order valence-electron chi connectivity index (χ4n) is 1.09. The highest BCUT2D eigenvalue weighted by atomic mass is 19.3. The molecule has 0 aliphatic rings. The van der Waals surface area contributed by atoms with Crippen molar-refractivity contribution in [2.45, 2.75) is 19.3 Å². The fourth-order valence-corrected chi connectivity index (χ4v) is 1.09. The summed E-state index contributed by atoms with van der Waals surface area (Å²) in [4.78, 5) is 10.5. The van der Waals surface area contributed by atoms with Gasteiger partial charge in [0.25, 0.3) is 0 Å². The van der Waals surface area contributed by atoms with E-state index in [0.29, 0.717) is 0 Å². The first-order chi connectivity index (χ1) is 6.59. The molecule has 14 heavy (non-hydrogen) atoms. The van der Waals surface area contributed by atoms with E-state index < -0.39 is 12.4 Å². The lowest BCUT2D eigenvalue weighted by atomic mass is 10.1. The van der Waals surface area contributed by atoms with Crippen LogP contribution in [0.5, 0.6) is 0 Å². The van der Waals surface area contributed by atoms with Crippen LogP contribution in [0.3, 0.4) is 0 Å². The van der Waals surface area contributed by atoms with Crippen LogP contribution < -0.4 is 0 Å². The zero-order valence-electron chi connectivity index (χ0n) is 7.41. The molecule has 0 saturated carbocycles. The molecular formula is C10H10F2O2. The normalized spacial score (nSPS) is 10.5. The standard InChI is InChI=1S/C10H10F2O2/c11-9(12)6-3-7-1-4-8(5-2-7)10(13)14/h1-2,4-5,9H,3,6H2,(H,13,14). The summed E-state index contributed by atoms with van der Waals surface area (Å²) in [6, 6.07) is 5.96. The van der Waals surface area contributed by atoms with Crippen LogP contribution >= 0.6 is 0 Å². The minimum atomic E-state index is -2.31. The quantitative estimate of drug-likeness (QED) is 0.811. The third-order valence-corrected chi connectivity index (χ3v) is 1.85. The molecule has 0 aromatic heterocycles. The first-order valence-electron chi connectivity index (χ1n) is 4.20. The Morgan fingerprint density at radius 2 is 1.86 bits per heavy atom. The molecule has 1 rings (SSSR count). The number of aromatic carboxylic acids is 1. The van der Waals surface area contributed by atoms with Gasteiger partial charge in [-0.25, -0.2) is 13.6 Å². The maximum absolute atomic E-state index is 11.8. The summed E-state index contributed by atoms with van der Waals surface area (Å²) in [7, 11) is 0. The van der Waals surface area contributed by atoms with Gasteiger partial charge in [0.05, 0.1) is 5.56 Å². The van der Waals surface area contributed by atoms with Gasteiger partial charge >= 0.3 is 5.97 Å². The van der Waals surface area contributed by atoms with Crippen molar-refractivity contribution in [1.29, 1.82) is 0 Å². The Hall–Kier alpha value is -1.45. The molecule has 0 spiro atoms. The second-order valence-corrected chi connectivity index (χ2v) is 2.93. The van der Waals surface area contributed by atoms with E-state index in [2.05, 4.69) is 0 Å². The van der Waals surface area contributed by atoms with E-state index in [1.165, 1.54) is 12.1 Å². The molecule has 1 N–H and O–H groups in total. The highest BCUT2D eigenvalue weighted by Crippen LogP contribution is 2.09. The second-order valence-electron chi connectivity index (χ2n) is 2.93. The molecule has 0 saturated heterocycles. The van der Waals surface area contributed by atoms with E-state index in [1.54, 1.807) is 12.1 Å². The SMILES string of the molecule is O=C(O)c1ccc(CCC(F)F)cc1. The maximum Gasteiger partial charge on any atom is 0.335 e. The van der Waals surface area contributed by atoms with Crippen molar-refractivity contribution in [2.24, 2.45) is 0 Å². The molecule has 1 aromatic rings. The lowest BCUT2D eigenvalue weighted by molar-refractivity contribution is 0.0696. The van der Waals surface area contributed by atoms with E-state index in [0.717, 1.165) is 5.56 Å². The van der Waals surface area contributed by atoms with Gasteiger partial charge in [-0.3, -0.25) is 0 Å². The van der Waals surface area contributed by atoms with Crippen LogP contribution in [0.15, 0.2) is 24.3 Å². The highest BCUT2D eigenvalue weighted by Gasteiger charge is 2.04. The van der Waals surface area contributed by atoms with Gasteiger partial charge in [-0.05, 0) is 24.1 Å². The summed E-state index contributed by atoms with van der Waals surface area (Å²) in [5, 5.41) is 8.57. The van der Waals surface area contributed by atoms with Gasteiger partial charge in [-0.1, -0.05) is 12.1 Å². The van der Waals surface area contributed by atoms with Crippen molar-refractivity contribution in [3.63, 3.8) is 0 Å². The molecule has 0 amide bonds. The van der Waals surface area contributed by atoms with E-state index in [9.17, 15) is 13.6 Å². The van der Waals surface area contributed by atoms with Crippen LogP contribution in [0, 0.1) is 0 Å². The van der Waals surface area contributed by atoms with Gasteiger partial charge in [0.15, 0.2) is 0 Å². The third-order valence-electron chi connectivity index (χ3n) is 1.85. The summed E-state index contributed by atoms with van der Waals surface area (Å²) in [6.45, 7) is 0. The van der Waals surface area contributed by atoms with Crippen molar-refractivity contribution >= 4 is 5.97 Å². The lowest BCUT2D eigenvalue weighted by Gasteiger charge is -2.01. The Labute approximate surface area is 80.2 Å². The van der Waals surface area contributed by atoms with Crippen molar-refractivity contribution < 1.29 is 18.7 Å². The summed E-state index contributed by atoms with van der Waals surface area (Å²) >= 11 is 0. The molecule has 0 bridgehead atoms. The van der Waals surface area contributed by atoms with Crippen molar-refractivity contribution in [3.8, 4) is 0 Å². The molecule has 2 nitrogen and oxygen atoms in total. The Morgan fingerprint density at radius 3 is 2.29 bits per heavy atom. The predicted octanol–water partition coefficient (Wildman–Crippen LogP) is 2.58. The first kappa shape index (κ1) is 10.6. The number of hydrogen-bond donors (Lipinski definition) is 1. The Balaban J connectivity index is 2.60. The van der Waals surface area contributed by atoms with E-state index in [1.807, 2.05) is 0 Å². The largest absolute Gasteiger partial charge is 0.478 e. The van der Waals surface area contributed by atoms with Crippen LogP contribution in [0.25, 0.3) is 0 Å². The predicted molar refractivity (Wildman–Crippen MR) is 47.7 cm³/mol. The van der Waals surface area contributed by atoms with E-state index in [4.69, 9.17) is 5.11 Å². The summed E-state index contributed by atoms with van der Waals surface area (Å²) in [6.07, 6.45) is -2.22. The zero-order valence-corrected chi connectivity index (χ0v) is 7.41. The minimum Gasteiger partial charge on any atom is -0.478 e. The lowest BCUT2D eigenvalue weighted by Crippen LogP contribution is -1.97. The minimum absolute atomic E-state index is 0.172. The maximum atomic E-state index is 11.8. The molecule has 0 unspecified atom stereocenters. The molecule has 0 heterocycles. The summed E-state index contributed by atoms with van der Waals surface area (Å²) in [5.74, 6) is -1.01. The van der Waals surface area contributed by atoms with Crippen molar-refractivity contribution in [3.05, 3.63) is 35.4 Å². The van der Waals surface area contributed by atoms with E-state index >= 15 is 0 Å². The number of aryl methyl sites for hydroxylation is 1. The monoisotopic (exact) mass is 200 g/mol. The molecular weight excluding hydrogens is 190 g/mol. The van der Waals surface area contributed by atoms with Gasteiger partial charge in [0.2, 0.25) is 6.43 Å². The third kappa shape index (κ3) is 3.12.